The highest BCUT2D eigenvalue weighted by molar-refractivity contribution is 5.42. The molecule has 0 spiro atoms. The fourth-order valence-corrected chi connectivity index (χ4v) is 1.62. The van der Waals surface area contributed by atoms with Crippen molar-refractivity contribution in [3.8, 4) is 11.5 Å². The molecular formula is C15H23NO2. The van der Waals surface area contributed by atoms with Crippen LogP contribution in [0, 0.1) is 0 Å². The van der Waals surface area contributed by atoms with E-state index in [4.69, 9.17) is 9.47 Å². The lowest BCUT2D eigenvalue weighted by atomic mass is 10.2. The van der Waals surface area contributed by atoms with E-state index in [9.17, 15) is 0 Å². The molecule has 0 aliphatic carbocycles. The third kappa shape index (κ3) is 4.80. The molecule has 0 aliphatic heterocycles. The molecule has 0 fully saturated rings. The van der Waals surface area contributed by atoms with Crippen LogP contribution in [0.5, 0.6) is 11.5 Å². The van der Waals surface area contributed by atoms with Gasteiger partial charge in [-0.25, -0.2) is 0 Å². The number of nitrogens with one attached hydrogen (secondary N) is 1. The van der Waals surface area contributed by atoms with Crippen LogP contribution < -0.4 is 14.8 Å². The molecular weight excluding hydrogens is 226 g/mol. The van der Waals surface area contributed by atoms with E-state index in [1.54, 1.807) is 7.11 Å². The van der Waals surface area contributed by atoms with E-state index in [0.29, 0.717) is 6.61 Å². The van der Waals surface area contributed by atoms with E-state index in [0.717, 1.165) is 37.4 Å². The number of hydrogen-bond acceptors (Lipinski definition) is 3. The van der Waals surface area contributed by atoms with Gasteiger partial charge in [0.2, 0.25) is 0 Å². The Labute approximate surface area is 110 Å². The Morgan fingerprint density at radius 3 is 2.83 bits per heavy atom. The first-order chi connectivity index (χ1) is 8.81. The van der Waals surface area contributed by atoms with E-state index < -0.39 is 0 Å². The lowest BCUT2D eigenvalue weighted by molar-refractivity contribution is 0.290. The Kier molecular flexibility index (Phi) is 6.96. The van der Waals surface area contributed by atoms with E-state index in [1.807, 2.05) is 18.2 Å². The number of hydrogen-bond donors (Lipinski definition) is 1. The average molecular weight is 249 g/mol. The summed E-state index contributed by atoms with van der Waals surface area (Å²) < 4.78 is 11.0. The minimum absolute atomic E-state index is 0.689. The molecule has 0 bridgehead atoms. The van der Waals surface area contributed by atoms with Gasteiger partial charge in [-0.3, -0.25) is 0 Å². The first-order valence-corrected chi connectivity index (χ1v) is 6.43. The second-order valence-corrected chi connectivity index (χ2v) is 4.04. The monoisotopic (exact) mass is 249 g/mol. The molecule has 0 aromatic heterocycles. The zero-order chi connectivity index (χ0) is 13.2. The smallest absolute Gasteiger partial charge is 0.161 e. The number of benzene rings is 1. The highest BCUT2D eigenvalue weighted by atomic mass is 16.5. The summed E-state index contributed by atoms with van der Waals surface area (Å²) in [6.45, 7) is 8.28. The Morgan fingerprint density at radius 2 is 2.17 bits per heavy atom. The molecule has 0 unspecified atom stereocenters. The second kappa shape index (κ2) is 8.59. The van der Waals surface area contributed by atoms with Crippen molar-refractivity contribution in [2.45, 2.75) is 26.3 Å². The molecule has 0 saturated carbocycles. The van der Waals surface area contributed by atoms with Gasteiger partial charge in [-0.15, -0.1) is 6.58 Å². The molecule has 0 radical (unpaired) electrons. The molecule has 0 amide bonds. The van der Waals surface area contributed by atoms with Crippen LogP contribution in [0.25, 0.3) is 0 Å². The maximum Gasteiger partial charge on any atom is 0.161 e. The van der Waals surface area contributed by atoms with E-state index in [-0.39, 0.29) is 0 Å². The van der Waals surface area contributed by atoms with Gasteiger partial charge in [0.15, 0.2) is 11.5 Å². The van der Waals surface area contributed by atoms with Crippen LogP contribution in [0.1, 0.15) is 25.3 Å². The number of methoxy groups -OCH3 is 1. The van der Waals surface area contributed by atoms with Gasteiger partial charge in [0.25, 0.3) is 0 Å². The van der Waals surface area contributed by atoms with Gasteiger partial charge in [-0.2, -0.15) is 0 Å². The Morgan fingerprint density at radius 1 is 1.33 bits per heavy atom. The quantitative estimate of drug-likeness (QED) is 0.538. The minimum Gasteiger partial charge on any atom is -0.493 e. The summed E-state index contributed by atoms with van der Waals surface area (Å²) in [5, 5.41) is 3.29. The number of unbranched alkanes of at least 4 members (excludes halogenated alkanes) is 1. The summed E-state index contributed by atoms with van der Waals surface area (Å²) in [7, 11) is 1.67. The van der Waals surface area contributed by atoms with Crippen LogP contribution >= 0.6 is 0 Å². The highest BCUT2D eigenvalue weighted by Crippen LogP contribution is 2.28. The van der Waals surface area contributed by atoms with Crippen molar-refractivity contribution >= 4 is 0 Å². The highest BCUT2D eigenvalue weighted by Gasteiger charge is 2.05. The summed E-state index contributed by atoms with van der Waals surface area (Å²) in [6.07, 6.45) is 3.85. The first-order valence-electron chi connectivity index (χ1n) is 6.43. The maximum atomic E-state index is 5.70. The first kappa shape index (κ1) is 14.6. The van der Waals surface area contributed by atoms with Crippen LogP contribution in [0.15, 0.2) is 30.9 Å². The van der Waals surface area contributed by atoms with Gasteiger partial charge in [-0.05, 0) is 37.1 Å². The van der Waals surface area contributed by atoms with Gasteiger partial charge in [0.05, 0.1) is 13.7 Å². The number of rotatable bonds is 9. The van der Waals surface area contributed by atoms with Crippen molar-refractivity contribution in [3.63, 3.8) is 0 Å². The molecule has 0 saturated heterocycles. The summed E-state index contributed by atoms with van der Waals surface area (Å²) >= 11 is 0. The normalized spacial score (nSPS) is 10.1. The predicted octanol–water partition coefficient (Wildman–Crippen LogP) is 3.15. The van der Waals surface area contributed by atoms with Crippen LogP contribution in [0.4, 0.5) is 0 Å². The Hall–Kier alpha value is -1.48. The fraction of sp³-hybridized carbons (Fsp3) is 0.467. The van der Waals surface area contributed by atoms with Gasteiger partial charge < -0.3 is 14.8 Å². The van der Waals surface area contributed by atoms with E-state index in [1.165, 1.54) is 5.56 Å². The van der Waals surface area contributed by atoms with Crippen LogP contribution in [-0.2, 0) is 6.54 Å². The van der Waals surface area contributed by atoms with Gasteiger partial charge >= 0.3 is 0 Å². The van der Waals surface area contributed by atoms with Gasteiger partial charge in [-0.1, -0.05) is 19.1 Å². The summed E-state index contributed by atoms with van der Waals surface area (Å²) in [5.74, 6) is 1.60. The summed E-state index contributed by atoms with van der Waals surface area (Å²) in [5.41, 5.74) is 1.20. The van der Waals surface area contributed by atoms with Gasteiger partial charge in [0.1, 0.15) is 0 Å². The Balaban J connectivity index is 2.58. The zero-order valence-electron chi connectivity index (χ0n) is 11.4. The van der Waals surface area contributed by atoms with Gasteiger partial charge in [0, 0.05) is 6.54 Å². The minimum atomic E-state index is 0.689. The number of allylic oxidation sites excluding steroid dienone is 1. The lowest BCUT2D eigenvalue weighted by Crippen LogP contribution is -2.11. The average Bonchev–Trinajstić information content (AvgIpc) is 2.42. The molecule has 0 aliphatic rings. The second-order valence-electron chi connectivity index (χ2n) is 4.04. The van der Waals surface area contributed by atoms with Crippen LogP contribution in [0.3, 0.4) is 0 Å². The molecule has 0 atom stereocenters. The topological polar surface area (TPSA) is 30.5 Å². The van der Waals surface area contributed by atoms with Crippen molar-refractivity contribution < 1.29 is 9.47 Å². The third-order valence-electron chi connectivity index (χ3n) is 2.62. The molecule has 100 valence electrons. The summed E-state index contributed by atoms with van der Waals surface area (Å²) in [6, 6.07) is 6.05. The Bertz CT molecular complexity index is 364. The van der Waals surface area contributed by atoms with Crippen molar-refractivity contribution in [1.82, 2.24) is 5.32 Å². The SMILES string of the molecule is C=CCCCOc1ccc(CNCC)cc1OC. The van der Waals surface area contributed by atoms with Crippen molar-refractivity contribution in [2.24, 2.45) is 0 Å². The number of ether oxygens (including phenoxy) is 2. The van der Waals surface area contributed by atoms with E-state index in [2.05, 4.69) is 24.9 Å². The van der Waals surface area contributed by atoms with Crippen molar-refractivity contribution in [1.29, 1.82) is 0 Å². The predicted molar refractivity (Wildman–Crippen MR) is 75.3 cm³/mol. The molecule has 0 heterocycles. The molecule has 1 aromatic carbocycles. The molecule has 1 N–H and O–H groups in total. The molecule has 1 rings (SSSR count). The van der Waals surface area contributed by atoms with Crippen molar-refractivity contribution in [2.75, 3.05) is 20.3 Å². The van der Waals surface area contributed by atoms with Crippen molar-refractivity contribution in [3.05, 3.63) is 36.4 Å². The van der Waals surface area contributed by atoms with E-state index >= 15 is 0 Å². The third-order valence-corrected chi connectivity index (χ3v) is 2.62. The molecule has 1 aromatic rings. The molecule has 3 heteroatoms. The standard InChI is InChI=1S/C15H23NO2/c1-4-6-7-10-18-14-9-8-13(12-16-5-2)11-15(14)17-3/h4,8-9,11,16H,1,5-7,10,12H2,2-3H3. The molecule has 18 heavy (non-hydrogen) atoms. The maximum absolute atomic E-state index is 5.70. The summed E-state index contributed by atoms with van der Waals surface area (Å²) in [4.78, 5) is 0. The fourth-order valence-electron chi connectivity index (χ4n) is 1.62. The zero-order valence-corrected chi connectivity index (χ0v) is 11.4. The van der Waals surface area contributed by atoms with Crippen LogP contribution in [-0.4, -0.2) is 20.3 Å². The largest absolute Gasteiger partial charge is 0.493 e. The van der Waals surface area contributed by atoms with Crippen LogP contribution in [0.2, 0.25) is 0 Å². The lowest BCUT2D eigenvalue weighted by Gasteiger charge is -2.12. The molecule has 3 nitrogen and oxygen atoms in total.